The number of halogens is 1. The van der Waals surface area contributed by atoms with Gasteiger partial charge in [-0.15, -0.1) is 0 Å². The summed E-state index contributed by atoms with van der Waals surface area (Å²) in [5, 5.41) is 0. The standard InChI is InChI=1S/C12H16BrNO3S/c1-9-12(6-7-17-9)14(2)18(15,16)11-5-3-4-10(13)8-11/h3-5,8-9,12H,6-7H2,1-2H3. The average molecular weight is 334 g/mol. The van der Waals surface area contributed by atoms with Crippen LogP contribution in [0.25, 0.3) is 0 Å². The number of hydrogen-bond donors (Lipinski definition) is 0. The molecule has 6 heteroatoms. The first-order valence-corrected chi connectivity index (χ1v) is 8.01. The van der Waals surface area contributed by atoms with Crippen LogP contribution in [0.3, 0.4) is 0 Å². The highest BCUT2D eigenvalue weighted by atomic mass is 79.9. The number of benzene rings is 1. The molecule has 1 aliphatic heterocycles. The normalized spacial score (nSPS) is 24.7. The zero-order chi connectivity index (χ0) is 13.3. The first-order chi connectivity index (χ1) is 8.43. The molecule has 4 nitrogen and oxygen atoms in total. The zero-order valence-electron chi connectivity index (χ0n) is 10.3. The second-order valence-electron chi connectivity index (χ2n) is 4.41. The minimum absolute atomic E-state index is 0.0584. The smallest absolute Gasteiger partial charge is 0.243 e. The van der Waals surface area contributed by atoms with Gasteiger partial charge in [0.15, 0.2) is 0 Å². The van der Waals surface area contributed by atoms with Gasteiger partial charge in [-0.05, 0) is 31.5 Å². The van der Waals surface area contributed by atoms with E-state index in [1.165, 1.54) is 4.31 Å². The molecule has 1 aliphatic rings. The van der Waals surface area contributed by atoms with Gasteiger partial charge in [-0.1, -0.05) is 22.0 Å². The molecule has 1 aromatic rings. The molecule has 1 heterocycles. The van der Waals surface area contributed by atoms with Crippen LogP contribution in [0.5, 0.6) is 0 Å². The van der Waals surface area contributed by atoms with Crippen molar-refractivity contribution in [3.05, 3.63) is 28.7 Å². The summed E-state index contributed by atoms with van der Waals surface area (Å²) < 4.78 is 32.5. The Labute approximate surface area is 116 Å². The molecule has 0 N–H and O–H groups in total. The van der Waals surface area contributed by atoms with Crippen molar-refractivity contribution in [2.24, 2.45) is 0 Å². The van der Waals surface area contributed by atoms with Crippen LogP contribution < -0.4 is 0 Å². The van der Waals surface area contributed by atoms with Gasteiger partial charge in [-0.2, -0.15) is 4.31 Å². The highest BCUT2D eigenvalue weighted by Gasteiger charge is 2.35. The van der Waals surface area contributed by atoms with Crippen LogP contribution in [0.1, 0.15) is 13.3 Å². The number of likely N-dealkylation sites (N-methyl/N-ethyl adjacent to an activating group) is 1. The second kappa shape index (κ2) is 5.28. The van der Waals surface area contributed by atoms with E-state index in [1.54, 1.807) is 31.3 Å². The lowest BCUT2D eigenvalue weighted by Crippen LogP contribution is -2.40. The monoisotopic (exact) mass is 333 g/mol. The van der Waals surface area contributed by atoms with Crippen molar-refractivity contribution in [2.75, 3.05) is 13.7 Å². The Morgan fingerprint density at radius 3 is 2.72 bits per heavy atom. The topological polar surface area (TPSA) is 46.6 Å². The van der Waals surface area contributed by atoms with E-state index >= 15 is 0 Å². The predicted octanol–water partition coefficient (Wildman–Crippen LogP) is 2.25. The Morgan fingerprint density at radius 1 is 1.44 bits per heavy atom. The lowest BCUT2D eigenvalue weighted by atomic mass is 10.2. The Morgan fingerprint density at radius 2 is 2.17 bits per heavy atom. The Balaban J connectivity index is 2.31. The van der Waals surface area contributed by atoms with Gasteiger partial charge in [0.25, 0.3) is 0 Å². The Hall–Kier alpha value is -0.430. The minimum Gasteiger partial charge on any atom is -0.377 e. The molecule has 100 valence electrons. The van der Waals surface area contributed by atoms with Gasteiger partial charge in [0.1, 0.15) is 0 Å². The van der Waals surface area contributed by atoms with Gasteiger partial charge >= 0.3 is 0 Å². The highest BCUT2D eigenvalue weighted by molar-refractivity contribution is 9.10. The molecule has 0 amide bonds. The van der Waals surface area contributed by atoms with Crippen molar-refractivity contribution in [2.45, 2.75) is 30.4 Å². The molecule has 18 heavy (non-hydrogen) atoms. The van der Waals surface area contributed by atoms with Gasteiger partial charge < -0.3 is 4.74 Å². The van der Waals surface area contributed by atoms with Crippen LogP contribution in [-0.2, 0) is 14.8 Å². The summed E-state index contributed by atoms with van der Waals surface area (Å²) in [5.41, 5.74) is 0. The molecular weight excluding hydrogens is 318 g/mol. The van der Waals surface area contributed by atoms with Crippen molar-refractivity contribution in [1.29, 1.82) is 0 Å². The second-order valence-corrected chi connectivity index (χ2v) is 7.32. The fourth-order valence-corrected chi connectivity index (χ4v) is 4.21. The number of rotatable bonds is 3. The molecule has 0 bridgehead atoms. The summed E-state index contributed by atoms with van der Waals surface area (Å²) >= 11 is 3.29. The van der Waals surface area contributed by atoms with Gasteiger partial charge in [0.05, 0.1) is 17.0 Å². The summed E-state index contributed by atoms with van der Waals surface area (Å²) in [7, 11) is -1.84. The van der Waals surface area contributed by atoms with Crippen LogP contribution in [0, 0.1) is 0 Å². The number of sulfonamides is 1. The SMILES string of the molecule is CC1OCCC1N(C)S(=O)(=O)c1cccc(Br)c1. The molecule has 2 atom stereocenters. The van der Waals surface area contributed by atoms with Crippen molar-refractivity contribution in [1.82, 2.24) is 4.31 Å². The van der Waals surface area contributed by atoms with E-state index in [4.69, 9.17) is 4.74 Å². The number of hydrogen-bond acceptors (Lipinski definition) is 3. The zero-order valence-corrected chi connectivity index (χ0v) is 12.7. The summed E-state index contributed by atoms with van der Waals surface area (Å²) in [6, 6.07) is 6.66. The molecule has 0 saturated carbocycles. The maximum atomic E-state index is 12.5. The van der Waals surface area contributed by atoms with Gasteiger partial charge in [-0.25, -0.2) is 8.42 Å². The predicted molar refractivity (Wildman–Crippen MR) is 72.9 cm³/mol. The molecular formula is C12H16BrNO3S. The van der Waals surface area contributed by atoms with Crippen molar-refractivity contribution < 1.29 is 13.2 Å². The Kier molecular flexibility index (Phi) is 4.11. The summed E-state index contributed by atoms with van der Waals surface area (Å²) in [5.74, 6) is 0. The van der Waals surface area contributed by atoms with Crippen LogP contribution in [0.2, 0.25) is 0 Å². The fourth-order valence-electron chi connectivity index (χ4n) is 2.17. The van der Waals surface area contributed by atoms with E-state index in [9.17, 15) is 8.42 Å². The van der Waals surface area contributed by atoms with Crippen LogP contribution in [-0.4, -0.2) is 38.5 Å². The quantitative estimate of drug-likeness (QED) is 0.852. The van der Waals surface area contributed by atoms with Crippen molar-refractivity contribution >= 4 is 26.0 Å². The van der Waals surface area contributed by atoms with Gasteiger partial charge in [0.2, 0.25) is 10.0 Å². The highest BCUT2D eigenvalue weighted by Crippen LogP contribution is 2.25. The van der Waals surface area contributed by atoms with Gasteiger partial charge in [-0.3, -0.25) is 0 Å². The van der Waals surface area contributed by atoms with E-state index in [2.05, 4.69) is 15.9 Å². The summed E-state index contributed by atoms with van der Waals surface area (Å²) in [6.07, 6.45) is 0.683. The van der Waals surface area contributed by atoms with Crippen molar-refractivity contribution in [3.63, 3.8) is 0 Å². The molecule has 2 unspecified atom stereocenters. The van der Waals surface area contributed by atoms with E-state index < -0.39 is 10.0 Å². The first-order valence-electron chi connectivity index (χ1n) is 5.78. The average Bonchev–Trinajstić information content (AvgIpc) is 2.74. The van der Waals surface area contributed by atoms with E-state index in [0.29, 0.717) is 11.5 Å². The van der Waals surface area contributed by atoms with E-state index in [1.807, 2.05) is 6.92 Å². The maximum Gasteiger partial charge on any atom is 0.243 e. The molecule has 1 fully saturated rings. The minimum atomic E-state index is -3.45. The third-order valence-electron chi connectivity index (χ3n) is 3.28. The molecule has 0 aromatic heterocycles. The molecule has 0 spiro atoms. The molecule has 1 aromatic carbocycles. The largest absolute Gasteiger partial charge is 0.377 e. The van der Waals surface area contributed by atoms with Crippen molar-refractivity contribution in [3.8, 4) is 0 Å². The number of nitrogens with zero attached hydrogens (tertiary/aromatic N) is 1. The van der Waals surface area contributed by atoms with Crippen LogP contribution in [0.4, 0.5) is 0 Å². The van der Waals surface area contributed by atoms with E-state index in [0.717, 1.165) is 10.9 Å². The van der Waals surface area contributed by atoms with Gasteiger partial charge in [0, 0.05) is 18.1 Å². The lowest BCUT2D eigenvalue weighted by molar-refractivity contribution is 0.102. The van der Waals surface area contributed by atoms with E-state index in [-0.39, 0.29) is 12.1 Å². The molecule has 2 rings (SSSR count). The maximum absolute atomic E-state index is 12.5. The van der Waals surface area contributed by atoms with Crippen LogP contribution >= 0.6 is 15.9 Å². The molecule has 1 saturated heterocycles. The molecule has 0 radical (unpaired) electrons. The third kappa shape index (κ3) is 2.61. The molecule has 0 aliphatic carbocycles. The Bertz CT molecular complexity index is 532. The summed E-state index contributed by atoms with van der Waals surface area (Å²) in [4.78, 5) is 0.304. The number of ether oxygens (including phenoxy) is 1. The van der Waals surface area contributed by atoms with Crippen LogP contribution in [0.15, 0.2) is 33.6 Å². The third-order valence-corrected chi connectivity index (χ3v) is 5.65. The lowest BCUT2D eigenvalue weighted by Gasteiger charge is -2.26. The summed E-state index contributed by atoms with van der Waals surface area (Å²) in [6.45, 7) is 2.52. The fraction of sp³-hybridized carbons (Fsp3) is 0.500. The first kappa shape index (κ1) is 14.0.